The lowest BCUT2D eigenvalue weighted by atomic mass is 10.1. The fraction of sp³-hybridized carbons (Fsp3) is 0.138. The fourth-order valence-electron chi connectivity index (χ4n) is 3.96. The first-order valence-corrected chi connectivity index (χ1v) is 12.6. The van der Waals surface area contributed by atoms with Gasteiger partial charge in [-0.3, -0.25) is 9.36 Å². The zero-order valence-electron chi connectivity index (χ0n) is 19.5. The predicted octanol–water partition coefficient (Wildman–Crippen LogP) is 6.26. The third kappa shape index (κ3) is 5.44. The van der Waals surface area contributed by atoms with Crippen molar-refractivity contribution in [1.29, 1.82) is 0 Å². The average molecular weight is 479 g/mol. The number of aromatic nitrogens is 3. The quantitative estimate of drug-likeness (QED) is 0.267. The molecule has 0 aliphatic carbocycles. The molecule has 0 saturated carbocycles. The Morgan fingerprint density at radius 3 is 2.34 bits per heavy atom. The van der Waals surface area contributed by atoms with Gasteiger partial charge in [0.05, 0.1) is 12.6 Å². The number of amides is 1. The third-order valence-electron chi connectivity index (χ3n) is 5.88. The monoisotopic (exact) mass is 478 g/mol. The van der Waals surface area contributed by atoms with Gasteiger partial charge in [0, 0.05) is 17.5 Å². The summed E-state index contributed by atoms with van der Waals surface area (Å²) in [4.78, 5) is 22.1. The first-order valence-electron chi connectivity index (χ1n) is 11.6. The van der Waals surface area contributed by atoms with Crippen molar-refractivity contribution in [2.24, 2.45) is 0 Å². The molecule has 0 aliphatic heterocycles. The largest absolute Gasteiger partial charge is 0.346 e. The molecule has 0 fully saturated rings. The molecule has 2 aromatic heterocycles. The topological polar surface area (TPSA) is 59.8 Å². The van der Waals surface area contributed by atoms with Gasteiger partial charge in [0.1, 0.15) is 5.52 Å². The second-order valence-corrected chi connectivity index (χ2v) is 9.35. The maximum atomic E-state index is 12.7. The molecule has 0 bridgehead atoms. The number of rotatable bonds is 8. The Labute approximate surface area is 209 Å². The van der Waals surface area contributed by atoms with E-state index in [0.717, 1.165) is 39.7 Å². The van der Waals surface area contributed by atoms with Gasteiger partial charge in [0.15, 0.2) is 10.8 Å². The van der Waals surface area contributed by atoms with Crippen LogP contribution in [-0.4, -0.2) is 20.4 Å². The van der Waals surface area contributed by atoms with E-state index in [1.165, 1.54) is 5.56 Å². The lowest BCUT2D eigenvalue weighted by molar-refractivity contribution is 0.0940. The van der Waals surface area contributed by atoms with Crippen LogP contribution in [0.15, 0.2) is 108 Å². The first-order chi connectivity index (χ1) is 17.2. The summed E-state index contributed by atoms with van der Waals surface area (Å²) in [5.74, 6) is 0.678. The van der Waals surface area contributed by atoms with Crippen molar-refractivity contribution in [1.82, 2.24) is 19.9 Å². The van der Waals surface area contributed by atoms with E-state index in [2.05, 4.69) is 27.0 Å². The standard InChI is InChI=1S/C29H26N4OS/c1-21(24-11-6-3-7-12-24)31-28(34)25-16-14-23(15-17-25)20-35-29-32-26-13-8-18-30-27(26)33(29)19-22-9-4-2-5-10-22/h2-18,21H,19-20H2,1H3,(H,31,34). The molecule has 1 unspecified atom stereocenters. The van der Waals surface area contributed by atoms with Gasteiger partial charge < -0.3 is 5.32 Å². The molecule has 0 spiro atoms. The molecule has 0 saturated heterocycles. The van der Waals surface area contributed by atoms with Crippen molar-refractivity contribution in [2.75, 3.05) is 0 Å². The number of hydrogen-bond donors (Lipinski definition) is 1. The summed E-state index contributed by atoms with van der Waals surface area (Å²) < 4.78 is 2.17. The second kappa shape index (κ2) is 10.6. The molecule has 0 radical (unpaired) electrons. The molecule has 2 heterocycles. The van der Waals surface area contributed by atoms with E-state index in [0.29, 0.717) is 5.56 Å². The Kier molecular flexibility index (Phi) is 6.91. The van der Waals surface area contributed by atoms with Gasteiger partial charge >= 0.3 is 0 Å². The summed E-state index contributed by atoms with van der Waals surface area (Å²) in [6, 6.07) is 32.0. The van der Waals surface area contributed by atoms with Gasteiger partial charge in [-0.15, -0.1) is 0 Å². The molecule has 174 valence electrons. The van der Waals surface area contributed by atoms with Crippen LogP contribution < -0.4 is 5.32 Å². The van der Waals surface area contributed by atoms with Gasteiger partial charge in [0.2, 0.25) is 0 Å². The fourth-order valence-corrected chi connectivity index (χ4v) is 4.92. The predicted molar refractivity (Wildman–Crippen MR) is 141 cm³/mol. The van der Waals surface area contributed by atoms with Crippen LogP contribution in [0.2, 0.25) is 0 Å². The number of thioether (sulfide) groups is 1. The number of benzene rings is 3. The molecule has 35 heavy (non-hydrogen) atoms. The van der Waals surface area contributed by atoms with E-state index in [1.54, 1.807) is 11.8 Å². The van der Waals surface area contributed by atoms with Crippen molar-refractivity contribution >= 4 is 28.8 Å². The minimum atomic E-state index is -0.0729. The summed E-state index contributed by atoms with van der Waals surface area (Å²) >= 11 is 1.68. The molecule has 5 aromatic rings. The summed E-state index contributed by atoms with van der Waals surface area (Å²) in [6.07, 6.45) is 1.81. The first kappa shape index (κ1) is 22.9. The van der Waals surface area contributed by atoms with Crippen molar-refractivity contribution in [3.63, 3.8) is 0 Å². The number of carbonyl (C=O) groups excluding carboxylic acids is 1. The molecule has 3 aromatic carbocycles. The van der Waals surface area contributed by atoms with E-state index in [4.69, 9.17) is 4.98 Å². The van der Waals surface area contributed by atoms with E-state index < -0.39 is 0 Å². The number of nitrogens with zero attached hydrogens (tertiary/aromatic N) is 3. The van der Waals surface area contributed by atoms with E-state index >= 15 is 0 Å². The van der Waals surface area contributed by atoms with Crippen LogP contribution in [0.25, 0.3) is 11.2 Å². The normalized spacial score (nSPS) is 11.9. The van der Waals surface area contributed by atoms with Gasteiger partial charge in [-0.05, 0) is 47.9 Å². The molecule has 5 nitrogen and oxygen atoms in total. The van der Waals surface area contributed by atoms with Crippen molar-refractivity contribution in [2.45, 2.75) is 30.4 Å². The van der Waals surface area contributed by atoms with Crippen molar-refractivity contribution in [3.8, 4) is 0 Å². The SMILES string of the molecule is CC(NC(=O)c1ccc(CSc2nc3cccnc3n2Cc2ccccc2)cc1)c1ccccc1. The van der Waals surface area contributed by atoms with Crippen LogP contribution >= 0.6 is 11.8 Å². The lowest BCUT2D eigenvalue weighted by Crippen LogP contribution is -2.26. The molecule has 1 amide bonds. The molecular formula is C29H26N4OS. The number of hydrogen-bond acceptors (Lipinski definition) is 4. The summed E-state index contributed by atoms with van der Waals surface area (Å²) in [5, 5.41) is 4.00. The van der Waals surface area contributed by atoms with Crippen molar-refractivity contribution < 1.29 is 4.79 Å². The minimum absolute atomic E-state index is 0.0508. The van der Waals surface area contributed by atoms with E-state index in [1.807, 2.05) is 98.0 Å². The molecule has 1 atom stereocenters. The average Bonchev–Trinajstić information content (AvgIpc) is 3.26. The van der Waals surface area contributed by atoms with Crippen LogP contribution in [0.3, 0.4) is 0 Å². The Morgan fingerprint density at radius 1 is 0.886 bits per heavy atom. The van der Waals surface area contributed by atoms with Gasteiger partial charge in [-0.1, -0.05) is 84.6 Å². The minimum Gasteiger partial charge on any atom is -0.346 e. The van der Waals surface area contributed by atoms with Gasteiger partial charge in [0.25, 0.3) is 5.91 Å². The third-order valence-corrected chi connectivity index (χ3v) is 6.93. The van der Waals surface area contributed by atoms with Crippen molar-refractivity contribution in [3.05, 3.63) is 126 Å². The highest BCUT2D eigenvalue weighted by Gasteiger charge is 2.14. The lowest BCUT2D eigenvalue weighted by Gasteiger charge is -2.14. The molecular weight excluding hydrogens is 452 g/mol. The number of pyridine rings is 1. The zero-order chi connectivity index (χ0) is 24.0. The van der Waals surface area contributed by atoms with E-state index in [9.17, 15) is 4.79 Å². The Bertz CT molecular complexity index is 1420. The molecule has 1 N–H and O–H groups in total. The van der Waals surface area contributed by atoms with E-state index in [-0.39, 0.29) is 11.9 Å². The number of fused-ring (bicyclic) bond motifs is 1. The molecule has 0 aliphatic rings. The summed E-state index contributed by atoms with van der Waals surface area (Å²) in [7, 11) is 0. The summed E-state index contributed by atoms with van der Waals surface area (Å²) in [6.45, 7) is 2.71. The van der Waals surface area contributed by atoms with Crippen LogP contribution in [-0.2, 0) is 12.3 Å². The Balaban J connectivity index is 1.27. The van der Waals surface area contributed by atoms with Gasteiger partial charge in [-0.2, -0.15) is 0 Å². The van der Waals surface area contributed by atoms with Gasteiger partial charge in [-0.25, -0.2) is 9.97 Å². The smallest absolute Gasteiger partial charge is 0.251 e. The Hall–Kier alpha value is -3.90. The number of imidazole rings is 1. The maximum absolute atomic E-state index is 12.7. The maximum Gasteiger partial charge on any atom is 0.251 e. The molecule has 5 rings (SSSR count). The Morgan fingerprint density at radius 2 is 1.60 bits per heavy atom. The highest BCUT2D eigenvalue weighted by molar-refractivity contribution is 7.98. The molecule has 6 heteroatoms. The highest BCUT2D eigenvalue weighted by atomic mass is 32.2. The van der Waals surface area contributed by atoms with Crippen LogP contribution in [0.1, 0.15) is 40.0 Å². The number of carbonyl (C=O) groups is 1. The van der Waals surface area contributed by atoms with Crippen LogP contribution in [0, 0.1) is 0 Å². The highest BCUT2D eigenvalue weighted by Crippen LogP contribution is 2.27. The van der Waals surface area contributed by atoms with Crippen LogP contribution in [0.5, 0.6) is 0 Å². The van der Waals surface area contributed by atoms with Crippen LogP contribution in [0.4, 0.5) is 0 Å². The zero-order valence-corrected chi connectivity index (χ0v) is 20.3. The second-order valence-electron chi connectivity index (χ2n) is 8.40. The number of nitrogens with one attached hydrogen (secondary N) is 1. The summed E-state index contributed by atoms with van der Waals surface area (Å²) in [5.41, 5.74) is 5.86.